The van der Waals surface area contributed by atoms with Gasteiger partial charge in [-0.25, -0.2) is 9.97 Å². The fourth-order valence-electron chi connectivity index (χ4n) is 3.35. The third kappa shape index (κ3) is 4.24. The molecule has 0 amide bonds. The first kappa shape index (κ1) is 20.2. The molecule has 3 heterocycles. The number of aromatic nitrogens is 3. The number of hydrogen-bond donors (Lipinski definition) is 3. The van der Waals surface area contributed by atoms with Gasteiger partial charge in [0.15, 0.2) is 0 Å². The van der Waals surface area contributed by atoms with Gasteiger partial charge in [0, 0.05) is 37.3 Å². The van der Waals surface area contributed by atoms with E-state index in [0.717, 1.165) is 48.8 Å². The highest BCUT2D eigenvalue weighted by Gasteiger charge is 2.14. The molecule has 30 heavy (non-hydrogen) atoms. The summed E-state index contributed by atoms with van der Waals surface area (Å²) in [7, 11) is 1.58. The van der Waals surface area contributed by atoms with Gasteiger partial charge in [0.2, 0.25) is 5.95 Å². The van der Waals surface area contributed by atoms with E-state index in [2.05, 4.69) is 30.5 Å². The highest BCUT2D eigenvalue weighted by Crippen LogP contribution is 2.33. The second kappa shape index (κ2) is 8.73. The number of halogens is 1. The number of nitrogen functional groups attached to an aromatic ring is 1. The van der Waals surface area contributed by atoms with Gasteiger partial charge in [0.1, 0.15) is 17.4 Å². The molecule has 1 fully saturated rings. The summed E-state index contributed by atoms with van der Waals surface area (Å²) in [4.78, 5) is 15.9. The Hall–Kier alpha value is -3.10. The highest BCUT2D eigenvalue weighted by atomic mass is 35.5. The Morgan fingerprint density at radius 3 is 2.67 bits per heavy atom. The van der Waals surface area contributed by atoms with Crippen molar-refractivity contribution in [3.8, 4) is 17.0 Å². The second-order valence-electron chi connectivity index (χ2n) is 7.02. The van der Waals surface area contributed by atoms with Crippen molar-refractivity contribution in [2.45, 2.75) is 6.92 Å². The molecule has 4 N–H and O–H groups in total. The summed E-state index contributed by atoms with van der Waals surface area (Å²) in [5.41, 5.74) is 9.29. The van der Waals surface area contributed by atoms with Gasteiger partial charge < -0.3 is 26.0 Å². The largest absolute Gasteiger partial charge is 0.495 e. The first-order valence-corrected chi connectivity index (χ1v) is 10.1. The number of ether oxygens (including phenoxy) is 1. The van der Waals surface area contributed by atoms with Crippen molar-refractivity contribution in [3.63, 3.8) is 0 Å². The predicted molar refractivity (Wildman–Crippen MR) is 121 cm³/mol. The Balaban J connectivity index is 1.59. The molecule has 0 spiro atoms. The fourth-order valence-corrected chi connectivity index (χ4v) is 3.54. The van der Waals surface area contributed by atoms with Crippen molar-refractivity contribution in [1.82, 2.24) is 20.3 Å². The van der Waals surface area contributed by atoms with Crippen LogP contribution < -0.4 is 26.0 Å². The number of pyridine rings is 1. The van der Waals surface area contributed by atoms with Gasteiger partial charge in [0.25, 0.3) is 0 Å². The van der Waals surface area contributed by atoms with Gasteiger partial charge >= 0.3 is 0 Å². The lowest BCUT2D eigenvalue weighted by Crippen LogP contribution is -2.43. The fraction of sp³-hybridized carbons (Fsp3) is 0.286. The SMILES string of the molecule is COc1cc(-c2nc(Nc3ccc(N4CCNCC4)nc3)nc(N)c2C)ccc1Cl. The molecule has 3 aromatic rings. The molecular formula is C21H24ClN7O. The summed E-state index contributed by atoms with van der Waals surface area (Å²) < 4.78 is 5.33. The van der Waals surface area contributed by atoms with Crippen LogP contribution in [0, 0.1) is 6.92 Å². The predicted octanol–water partition coefficient (Wildman–Crippen LogP) is 3.24. The van der Waals surface area contributed by atoms with Crippen molar-refractivity contribution in [2.24, 2.45) is 0 Å². The van der Waals surface area contributed by atoms with Crippen LogP contribution in [0.3, 0.4) is 0 Å². The molecule has 2 aromatic heterocycles. The molecule has 0 radical (unpaired) electrons. The number of nitrogens with two attached hydrogens (primary N) is 1. The summed E-state index contributed by atoms with van der Waals surface area (Å²) in [6, 6.07) is 9.46. The first-order chi connectivity index (χ1) is 14.5. The van der Waals surface area contributed by atoms with Crippen molar-refractivity contribution in [1.29, 1.82) is 0 Å². The van der Waals surface area contributed by atoms with Crippen LogP contribution in [0.25, 0.3) is 11.3 Å². The Labute approximate surface area is 180 Å². The van der Waals surface area contributed by atoms with Crippen molar-refractivity contribution < 1.29 is 4.74 Å². The molecule has 0 unspecified atom stereocenters. The number of nitrogens with zero attached hydrogens (tertiary/aromatic N) is 4. The zero-order valence-corrected chi connectivity index (χ0v) is 17.7. The number of anilines is 4. The molecule has 1 aliphatic rings. The molecular weight excluding hydrogens is 402 g/mol. The Morgan fingerprint density at radius 1 is 1.17 bits per heavy atom. The second-order valence-corrected chi connectivity index (χ2v) is 7.43. The maximum absolute atomic E-state index is 6.16. The lowest BCUT2D eigenvalue weighted by molar-refractivity contribution is 0.415. The third-order valence-electron chi connectivity index (χ3n) is 5.05. The minimum atomic E-state index is 0.402. The van der Waals surface area contributed by atoms with Gasteiger partial charge in [-0.2, -0.15) is 4.98 Å². The van der Waals surface area contributed by atoms with Gasteiger partial charge in [-0.3, -0.25) is 0 Å². The molecule has 4 rings (SSSR count). The summed E-state index contributed by atoms with van der Waals surface area (Å²) >= 11 is 6.15. The van der Waals surface area contributed by atoms with E-state index in [0.29, 0.717) is 28.2 Å². The van der Waals surface area contributed by atoms with Crippen LogP contribution in [0.15, 0.2) is 36.5 Å². The molecule has 156 valence electrons. The summed E-state index contributed by atoms with van der Waals surface area (Å²) in [6.45, 7) is 5.72. The van der Waals surface area contributed by atoms with E-state index in [-0.39, 0.29) is 0 Å². The summed E-state index contributed by atoms with van der Waals surface area (Å²) in [6.07, 6.45) is 1.78. The molecule has 0 aliphatic carbocycles. The number of methoxy groups -OCH3 is 1. The number of benzene rings is 1. The maximum Gasteiger partial charge on any atom is 0.229 e. The van der Waals surface area contributed by atoms with Gasteiger partial charge in [-0.15, -0.1) is 0 Å². The lowest BCUT2D eigenvalue weighted by atomic mass is 10.1. The van der Waals surface area contributed by atoms with Gasteiger partial charge in [0.05, 0.1) is 29.7 Å². The van der Waals surface area contributed by atoms with Crippen LogP contribution in [0.1, 0.15) is 5.56 Å². The van der Waals surface area contributed by atoms with Crippen molar-refractivity contribution in [2.75, 3.05) is 49.2 Å². The van der Waals surface area contributed by atoms with Crippen LogP contribution >= 0.6 is 11.6 Å². The van der Waals surface area contributed by atoms with Crippen LogP contribution in [0.4, 0.5) is 23.3 Å². The third-order valence-corrected chi connectivity index (χ3v) is 5.37. The summed E-state index contributed by atoms with van der Waals surface area (Å²) in [5.74, 6) is 2.34. The number of piperazine rings is 1. The van der Waals surface area contributed by atoms with Crippen LogP contribution in [0.5, 0.6) is 5.75 Å². The Kier molecular flexibility index (Phi) is 5.87. The molecule has 8 nitrogen and oxygen atoms in total. The standard InChI is InChI=1S/C21H24ClN7O/c1-13-19(14-3-5-16(22)17(11-14)30-2)27-21(28-20(13)23)26-15-4-6-18(25-12-15)29-9-7-24-8-10-29/h3-6,11-12,24H,7-10H2,1-2H3,(H3,23,26,27,28). The van der Waals surface area contributed by atoms with E-state index in [4.69, 9.17) is 22.1 Å². The van der Waals surface area contributed by atoms with Crippen molar-refractivity contribution in [3.05, 3.63) is 47.1 Å². The lowest BCUT2D eigenvalue weighted by Gasteiger charge is -2.28. The van der Waals surface area contributed by atoms with E-state index in [9.17, 15) is 0 Å². The number of hydrogen-bond acceptors (Lipinski definition) is 8. The van der Waals surface area contributed by atoms with E-state index in [1.807, 2.05) is 31.2 Å². The van der Waals surface area contributed by atoms with E-state index < -0.39 is 0 Å². The van der Waals surface area contributed by atoms with Crippen LogP contribution in [0.2, 0.25) is 5.02 Å². The van der Waals surface area contributed by atoms with E-state index >= 15 is 0 Å². The molecule has 9 heteroatoms. The van der Waals surface area contributed by atoms with Gasteiger partial charge in [-0.1, -0.05) is 17.7 Å². The zero-order valence-electron chi connectivity index (χ0n) is 16.9. The molecule has 1 saturated heterocycles. The number of nitrogens with one attached hydrogen (secondary N) is 2. The molecule has 0 atom stereocenters. The first-order valence-electron chi connectivity index (χ1n) is 9.72. The van der Waals surface area contributed by atoms with E-state index in [1.165, 1.54) is 0 Å². The van der Waals surface area contributed by atoms with Gasteiger partial charge in [-0.05, 0) is 31.2 Å². The average Bonchev–Trinajstić information content (AvgIpc) is 2.78. The summed E-state index contributed by atoms with van der Waals surface area (Å²) in [5, 5.41) is 7.08. The average molecular weight is 426 g/mol. The molecule has 0 bridgehead atoms. The smallest absolute Gasteiger partial charge is 0.229 e. The minimum absolute atomic E-state index is 0.402. The Bertz CT molecular complexity index is 1040. The normalized spacial score (nSPS) is 13.9. The van der Waals surface area contributed by atoms with Crippen LogP contribution in [-0.4, -0.2) is 48.2 Å². The Morgan fingerprint density at radius 2 is 1.97 bits per heavy atom. The quantitative estimate of drug-likeness (QED) is 0.572. The molecule has 1 aliphatic heterocycles. The maximum atomic E-state index is 6.16. The molecule has 1 aromatic carbocycles. The highest BCUT2D eigenvalue weighted by molar-refractivity contribution is 6.32. The van der Waals surface area contributed by atoms with Crippen LogP contribution in [-0.2, 0) is 0 Å². The molecule has 0 saturated carbocycles. The minimum Gasteiger partial charge on any atom is -0.495 e. The number of rotatable bonds is 5. The monoisotopic (exact) mass is 425 g/mol. The van der Waals surface area contributed by atoms with Crippen molar-refractivity contribution >= 4 is 34.9 Å². The topological polar surface area (TPSA) is 101 Å². The van der Waals surface area contributed by atoms with E-state index in [1.54, 1.807) is 19.4 Å². The zero-order chi connectivity index (χ0) is 21.1.